The Bertz CT molecular complexity index is 779. The first-order chi connectivity index (χ1) is 10.3. The number of nitrogens with one attached hydrogen (secondary N) is 1. The molecule has 0 saturated carbocycles. The van der Waals surface area contributed by atoms with Gasteiger partial charge in [-0.05, 0) is 37.8 Å². The van der Waals surface area contributed by atoms with Crippen molar-refractivity contribution in [2.24, 2.45) is 0 Å². The summed E-state index contributed by atoms with van der Waals surface area (Å²) in [5, 5.41) is 10.6. The van der Waals surface area contributed by atoms with Crippen LogP contribution in [0.2, 0.25) is 0 Å². The second kappa shape index (κ2) is 4.97. The van der Waals surface area contributed by atoms with Gasteiger partial charge in [0.05, 0.1) is 11.7 Å². The quantitative estimate of drug-likeness (QED) is 0.783. The van der Waals surface area contributed by atoms with Crippen molar-refractivity contribution in [2.75, 3.05) is 6.54 Å². The number of hydrogen-bond donors (Lipinski definition) is 1. The standard InChI is InChI=1S/C17H18N4/c1-12-19-17(15-9-5-11-18-15)21(20-12)16-10-4-7-13-6-2-3-8-14(13)16/h2-4,6-8,10,15,18H,5,9,11H2,1H3/t15-/m1/s1. The molecule has 0 amide bonds. The van der Waals surface area contributed by atoms with E-state index >= 15 is 0 Å². The Morgan fingerprint density at radius 2 is 2.00 bits per heavy atom. The highest BCUT2D eigenvalue weighted by molar-refractivity contribution is 5.90. The number of hydrogen-bond acceptors (Lipinski definition) is 3. The monoisotopic (exact) mass is 278 g/mol. The average molecular weight is 278 g/mol. The summed E-state index contributed by atoms with van der Waals surface area (Å²) in [5.74, 6) is 1.85. The first kappa shape index (κ1) is 12.5. The summed E-state index contributed by atoms with van der Waals surface area (Å²) in [6, 6.07) is 15.1. The number of benzene rings is 2. The molecule has 106 valence electrons. The normalized spacial score (nSPS) is 18.4. The lowest BCUT2D eigenvalue weighted by Crippen LogP contribution is -2.18. The molecular weight excluding hydrogens is 260 g/mol. The van der Waals surface area contributed by atoms with Crippen LogP contribution in [-0.4, -0.2) is 21.3 Å². The van der Waals surface area contributed by atoms with Gasteiger partial charge in [0, 0.05) is 5.39 Å². The first-order valence-corrected chi connectivity index (χ1v) is 7.48. The van der Waals surface area contributed by atoms with Gasteiger partial charge in [0.25, 0.3) is 0 Å². The molecule has 1 aliphatic heterocycles. The minimum Gasteiger partial charge on any atom is -0.307 e. The maximum absolute atomic E-state index is 4.67. The SMILES string of the molecule is Cc1nc([C@H]2CCCN2)n(-c2cccc3ccccc23)n1. The molecule has 0 aliphatic carbocycles. The van der Waals surface area contributed by atoms with E-state index in [0.717, 1.165) is 30.3 Å². The number of rotatable bonds is 2. The van der Waals surface area contributed by atoms with Crippen LogP contribution < -0.4 is 5.32 Å². The fourth-order valence-electron chi connectivity index (χ4n) is 3.13. The fourth-order valence-corrected chi connectivity index (χ4v) is 3.13. The van der Waals surface area contributed by atoms with Gasteiger partial charge in [-0.25, -0.2) is 9.67 Å². The van der Waals surface area contributed by atoms with Crippen LogP contribution in [0.25, 0.3) is 16.5 Å². The summed E-state index contributed by atoms with van der Waals surface area (Å²) in [7, 11) is 0. The third-order valence-corrected chi connectivity index (χ3v) is 4.10. The van der Waals surface area contributed by atoms with Crippen molar-refractivity contribution in [3.63, 3.8) is 0 Å². The van der Waals surface area contributed by atoms with E-state index in [1.165, 1.54) is 17.2 Å². The Morgan fingerprint density at radius 3 is 2.86 bits per heavy atom. The minimum absolute atomic E-state index is 0.310. The van der Waals surface area contributed by atoms with Gasteiger partial charge in [0.1, 0.15) is 11.6 Å². The molecule has 4 nitrogen and oxygen atoms in total. The number of fused-ring (bicyclic) bond motifs is 1. The van der Waals surface area contributed by atoms with Gasteiger partial charge < -0.3 is 5.32 Å². The van der Waals surface area contributed by atoms with Crippen LogP contribution in [0.5, 0.6) is 0 Å². The maximum atomic E-state index is 4.67. The zero-order chi connectivity index (χ0) is 14.2. The fraction of sp³-hybridized carbons (Fsp3) is 0.294. The van der Waals surface area contributed by atoms with Crippen molar-refractivity contribution >= 4 is 10.8 Å². The molecule has 1 N–H and O–H groups in total. The average Bonchev–Trinajstić information content (AvgIpc) is 3.15. The van der Waals surface area contributed by atoms with E-state index in [4.69, 9.17) is 0 Å². The Morgan fingerprint density at radius 1 is 1.14 bits per heavy atom. The van der Waals surface area contributed by atoms with Crippen molar-refractivity contribution in [3.05, 3.63) is 54.1 Å². The van der Waals surface area contributed by atoms with E-state index in [0.29, 0.717) is 6.04 Å². The maximum Gasteiger partial charge on any atom is 0.149 e. The molecule has 1 atom stereocenters. The minimum atomic E-state index is 0.310. The molecule has 3 aromatic rings. The summed E-state index contributed by atoms with van der Waals surface area (Å²) in [6.45, 7) is 3.02. The van der Waals surface area contributed by atoms with Gasteiger partial charge in [0.2, 0.25) is 0 Å². The van der Waals surface area contributed by atoms with Crippen LogP contribution in [0.4, 0.5) is 0 Å². The number of aromatic nitrogens is 3. The lowest BCUT2D eigenvalue weighted by molar-refractivity contribution is 0.584. The topological polar surface area (TPSA) is 42.7 Å². The zero-order valence-corrected chi connectivity index (χ0v) is 12.1. The first-order valence-electron chi connectivity index (χ1n) is 7.48. The Hall–Kier alpha value is -2.20. The van der Waals surface area contributed by atoms with Crippen molar-refractivity contribution in [1.29, 1.82) is 0 Å². The van der Waals surface area contributed by atoms with Crippen LogP contribution in [0.1, 0.15) is 30.5 Å². The van der Waals surface area contributed by atoms with E-state index in [1.54, 1.807) is 0 Å². The molecule has 0 spiro atoms. The van der Waals surface area contributed by atoms with Crippen molar-refractivity contribution in [3.8, 4) is 5.69 Å². The van der Waals surface area contributed by atoms with Gasteiger partial charge in [0.15, 0.2) is 0 Å². The predicted octanol–water partition coefficient (Wildman–Crippen LogP) is 3.15. The van der Waals surface area contributed by atoms with E-state index < -0.39 is 0 Å². The molecule has 4 heteroatoms. The van der Waals surface area contributed by atoms with Gasteiger partial charge in [-0.1, -0.05) is 36.4 Å². The molecule has 1 aromatic heterocycles. The van der Waals surface area contributed by atoms with Crippen molar-refractivity contribution < 1.29 is 0 Å². The molecule has 1 fully saturated rings. The Kier molecular flexibility index (Phi) is 2.97. The highest BCUT2D eigenvalue weighted by Gasteiger charge is 2.23. The van der Waals surface area contributed by atoms with Crippen LogP contribution in [0.15, 0.2) is 42.5 Å². The lowest BCUT2D eigenvalue weighted by atomic mass is 10.1. The summed E-state index contributed by atoms with van der Waals surface area (Å²) >= 11 is 0. The summed E-state index contributed by atoms with van der Waals surface area (Å²) in [6.07, 6.45) is 2.33. The second-order valence-electron chi connectivity index (χ2n) is 5.58. The second-order valence-corrected chi connectivity index (χ2v) is 5.58. The lowest BCUT2D eigenvalue weighted by Gasteiger charge is -2.13. The van der Waals surface area contributed by atoms with Crippen LogP contribution in [-0.2, 0) is 0 Å². The van der Waals surface area contributed by atoms with E-state index in [2.05, 4.69) is 57.9 Å². The molecule has 21 heavy (non-hydrogen) atoms. The molecular formula is C17H18N4. The Balaban J connectivity index is 1.92. The third-order valence-electron chi connectivity index (χ3n) is 4.10. The number of aryl methyl sites for hydroxylation is 1. The molecule has 4 rings (SSSR count). The highest BCUT2D eigenvalue weighted by Crippen LogP contribution is 2.27. The van der Waals surface area contributed by atoms with Crippen LogP contribution in [0.3, 0.4) is 0 Å². The molecule has 0 unspecified atom stereocenters. The number of nitrogens with zero attached hydrogens (tertiary/aromatic N) is 3. The molecule has 1 aliphatic rings. The van der Waals surface area contributed by atoms with Gasteiger partial charge in [-0.2, -0.15) is 5.10 Å². The molecule has 2 aromatic carbocycles. The summed E-state index contributed by atoms with van der Waals surface area (Å²) in [4.78, 5) is 4.67. The molecule has 0 radical (unpaired) electrons. The van der Waals surface area contributed by atoms with E-state index in [9.17, 15) is 0 Å². The smallest absolute Gasteiger partial charge is 0.149 e. The molecule has 1 saturated heterocycles. The molecule has 2 heterocycles. The van der Waals surface area contributed by atoms with E-state index in [1.807, 2.05) is 11.6 Å². The Labute approximate surface area is 123 Å². The zero-order valence-electron chi connectivity index (χ0n) is 12.1. The van der Waals surface area contributed by atoms with Crippen LogP contribution >= 0.6 is 0 Å². The molecule has 0 bridgehead atoms. The highest BCUT2D eigenvalue weighted by atomic mass is 15.4. The van der Waals surface area contributed by atoms with Gasteiger partial charge >= 0.3 is 0 Å². The van der Waals surface area contributed by atoms with Crippen molar-refractivity contribution in [2.45, 2.75) is 25.8 Å². The van der Waals surface area contributed by atoms with Crippen LogP contribution in [0, 0.1) is 6.92 Å². The predicted molar refractivity (Wildman–Crippen MR) is 83.6 cm³/mol. The van der Waals surface area contributed by atoms with Crippen molar-refractivity contribution in [1.82, 2.24) is 20.1 Å². The summed E-state index contributed by atoms with van der Waals surface area (Å²) in [5.41, 5.74) is 1.11. The largest absolute Gasteiger partial charge is 0.307 e. The summed E-state index contributed by atoms with van der Waals surface area (Å²) < 4.78 is 2.01. The van der Waals surface area contributed by atoms with Gasteiger partial charge in [-0.15, -0.1) is 0 Å². The van der Waals surface area contributed by atoms with Gasteiger partial charge in [-0.3, -0.25) is 0 Å². The van der Waals surface area contributed by atoms with E-state index in [-0.39, 0.29) is 0 Å². The third kappa shape index (κ3) is 2.12.